The lowest BCUT2D eigenvalue weighted by Gasteiger charge is -2.23. The van der Waals surface area contributed by atoms with E-state index in [4.69, 9.17) is 11.6 Å². The molecular weight excluding hydrogens is 362 g/mol. The number of carbonyl (C=O) groups excluding carboxylic acids is 2. The molecule has 0 radical (unpaired) electrons. The molecule has 0 aliphatic rings. The second-order valence-electron chi connectivity index (χ2n) is 6.21. The van der Waals surface area contributed by atoms with Crippen LogP contribution in [-0.2, 0) is 0 Å². The number of halogens is 1. The van der Waals surface area contributed by atoms with Crippen molar-refractivity contribution in [2.45, 2.75) is 26.7 Å². The maximum Gasteiger partial charge on any atom is 0.255 e. The Morgan fingerprint density at radius 3 is 2.33 bits per heavy atom. The first-order chi connectivity index (χ1) is 13.0. The average molecular weight is 388 g/mol. The zero-order chi connectivity index (χ0) is 19.8. The fourth-order valence-corrected chi connectivity index (χ4v) is 2.96. The second-order valence-corrected chi connectivity index (χ2v) is 6.62. The van der Waals surface area contributed by atoms with Crippen LogP contribution in [0, 0.1) is 0 Å². The van der Waals surface area contributed by atoms with Crippen molar-refractivity contribution in [3.05, 3.63) is 58.6 Å². The lowest BCUT2D eigenvalue weighted by atomic mass is 10.1. The summed E-state index contributed by atoms with van der Waals surface area (Å²) in [4.78, 5) is 26.6. The maximum atomic E-state index is 12.5. The van der Waals surface area contributed by atoms with E-state index in [1.165, 1.54) is 7.05 Å². The summed E-state index contributed by atoms with van der Waals surface area (Å²) in [6.45, 7) is 6.23. The van der Waals surface area contributed by atoms with Crippen molar-refractivity contribution < 1.29 is 9.59 Å². The molecule has 5 nitrogen and oxygen atoms in total. The average Bonchev–Trinajstić information content (AvgIpc) is 2.69. The number of nitrogens with zero attached hydrogens (tertiary/aromatic N) is 1. The molecular formula is C21H26ClN3O2. The number of benzene rings is 2. The van der Waals surface area contributed by atoms with Crippen LogP contribution in [0.25, 0.3) is 0 Å². The Labute approximate surface area is 165 Å². The van der Waals surface area contributed by atoms with Gasteiger partial charge in [-0.15, -0.1) is 0 Å². The Morgan fingerprint density at radius 1 is 1.04 bits per heavy atom. The van der Waals surface area contributed by atoms with Crippen LogP contribution in [0.3, 0.4) is 0 Å². The molecule has 0 unspecified atom stereocenters. The van der Waals surface area contributed by atoms with Gasteiger partial charge in [0.05, 0.1) is 10.6 Å². The molecule has 6 heteroatoms. The van der Waals surface area contributed by atoms with Crippen molar-refractivity contribution in [2.75, 3.05) is 30.4 Å². The lowest BCUT2D eigenvalue weighted by molar-refractivity contribution is 0.0961. The predicted octanol–water partition coefficient (Wildman–Crippen LogP) is 4.58. The number of carbonyl (C=O) groups is 2. The highest BCUT2D eigenvalue weighted by Crippen LogP contribution is 2.22. The molecule has 0 heterocycles. The van der Waals surface area contributed by atoms with Gasteiger partial charge >= 0.3 is 0 Å². The SMILES string of the molecule is CCCCN(CC)c1ccc(C(=O)Nc2ccc(Cl)c(C(=O)NC)c2)cc1. The van der Waals surface area contributed by atoms with Gasteiger partial charge in [0.2, 0.25) is 0 Å². The number of hydrogen-bond acceptors (Lipinski definition) is 3. The Hall–Kier alpha value is -2.53. The van der Waals surface area contributed by atoms with Crippen LogP contribution in [-0.4, -0.2) is 32.0 Å². The molecule has 0 saturated carbocycles. The zero-order valence-electron chi connectivity index (χ0n) is 16.0. The van der Waals surface area contributed by atoms with Gasteiger partial charge in [-0.3, -0.25) is 9.59 Å². The molecule has 0 aromatic heterocycles. The molecule has 0 atom stereocenters. The summed E-state index contributed by atoms with van der Waals surface area (Å²) in [6, 6.07) is 12.4. The number of amides is 2. The van der Waals surface area contributed by atoms with E-state index < -0.39 is 0 Å². The third-order valence-electron chi connectivity index (χ3n) is 4.35. The van der Waals surface area contributed by atoms with E-state index in [-0.39, 0.29) is 11.8 Å². The van der Waals surface area contributed by atoms with Gasteiger partial charge in [0.15, 0.2) is 0 Å². The largest absolute Gasteiger partial charge is 0.372 e. The van der Waals surface area contributed by atoms with Crippen LogP contribution in [0.15, 0.2) is 42.5 Å². The highest BCUT2D eigenvalue weighted by molar-refractivity contribution is 6.34. The number of hydrogen-bond donors (Lipinski definition) is 2. The maximum absolute atomic E-state index is 12.5. The molecule has 0 aliphatic carbocycles. The first-order valence-corrected chi connectivity index (χ1v) is 9.55. The van der Waals surface area contributed by atoms with Gasteiger partial charge in [0.1, 0.15) is 0 Å². The van der Waals surface area contributed by atoms with E-state index >= 15 is 0 Å². The first kappa shape index (κ1) is 20.8. The number of anilines is 2. The van der Waals surface area contributed by atoms with Crippen LogP contribution in [0.5, 0.6) is 0 Å². The number of unbranched alkanes of at least 4 members (excludes halogenated alkanes) is 1. The Balaban J connectivity index is 2.11. The molecule has 2 aromatic carbocycles. The van der Waals surface area contributed by atoms with Crippen molar-refractivity contribution in [3.63, 3.8) is 0 Å². The standard InChI is InChI=1S/C21H26ClN3O2/c1-4-6-13-25(5-2)17-10-7-15(8-11-17)20(26)24-16-9-12-19(22)18(14-16)21(27)23-3/h7-12,14H,4-6,13H2,1-3H3,(H,23,27)(H,24,26). The van der Waals surface area contributed by atoms with Gasteiger partial charge in [-0.25, -0.2) is 0 Å². The summed E-state index contributed by atoms with van der Waals surface area (Å²) >= 11 is 6.04. The van der Waals surface area contributed by atoms with Gasteiger partial charge in [0.25, 0.3) is 11.8 Å². The summed E-state index contributed by atoms with van der Waals surface area (Å²) in [7, 11) is 1.53. The van der Waals surface area contributed by atoms with Gasteiger partial charge < -0.3 is 15.5 Å². The molecule has 2 rings (SSSR count). The summed E-state index contributed by atoms with van der Waals surface area (Å²) in [5, 5.41) is 5.68. The Bertz CT molecular complexity index is 791. The summed E-state index contributed by atoms with van der Waals surface area (Å²) in [6.07, 6.45) is 2.29. The molecule has 0 spiro atoms. The van der Waals surface area contributed by atoms with E-state index in [0.29, 0.717) is 21.8 Å². The molecule has 0 saturated heterocycles. The van der Waals surface area contributed by atoms with Gasteiger partial charge in [0, 0.05) is 37.1 Å². The zero-order valence-corrected chi connectivity index (χ0v) is 16.8. The molecule has 2 amide bonds. The summed E-state index contributed by atoms with van der Waals surface area (Å²) in [5.74, 6) is -0.532. The molecule has 144 valence electrons. The third kappa shape index (κ3) is 5.47. The smallest absolute Gasteiger partial charge is 0.255 e. The molecule has 0 fully saturated rings. The van der Waals surface area contributed by atoms with Crippen LogP contribution in [0.4, 0.5) is 11.4 Å². The predicted molar refractivity (Wildman–Crippen MR) is 112 cm³/mol. The van der Waals surface area contributed by atoms with Gasteiger partial charge in [-0.2, -0.15) is 0 Å². The van der Waals surface area contributed by atoms with Gasteiger partial charge in [-0.05, 0) is 55.8 Å². The minimum absolute atomic E-state index is 0.233. The van der Waals surface area contributed by atoms with E-state index in [1.807, 2.05) is 24.3 Å². The van der Waals surface area contributed by atoms with Crippen molar-refractivity contribution in [1.29, 1.82) is 0 Å². The highest BCUT2D eigenvalue weighted by atomic mass is 35.5. The molecule has 27 heavy (non-hydrogen) atoms. The summed E-state index contributed by atoms with van der Waals surface area (Å²) in [5.41, 5.74) is 2.50. The summed E-state index contributed by atoms with van der Waals surface area (Å²) < 4.78 is 0. The highest BCUT2D eigenvalue weighted by Gasteiger charge is 2.12. The van der Waals surface area contributed by atoms with E-state index in [1.54, 1.807) is 18.2 Å². The van der Waals surface area contributed by atoms with E-state index in [2.05, 4.69) is 29.4 Å². The molecule has 2 N–H and O–H groups in total. The Kier molecular flexibility index (Phi) is 7.67. The fourth-order valence-electron chi connectivity index (χ4n) is 2.76. The third-order valence-corrected chi connectivity index (χ3v) is 4.68. The molecule has 2 aromatic rings. The normalized spacial score (nSPS) is 10.4. The quantitative estimate of drug-likeness (QED) is 0.697. The van der Waals surface area contributed by atoms with Crippen LogP contribution < -0.4 is 15.5 Å². The van der Waals surface area contributed by atoms with Crippen molar-refractivity contribution >= 4 is 34.8 Å². The second kappa shape index (κ2) is 9.97. The lowest BCUT2D eigenvalue weighted by Crippen LogP contribution is -2.23. The topological polar surface area (TPSA) is 61.4 Å². The van der Waals surface area contributed by atoms with Gasteiger partial charge in [-0.1, -0.05) is 24.9 Å². The number of rotatable bonds is 8. The van der Waals surface area contributed by atoms with Crippen LogP contribution in [0.2, 0.25) is 5.02 Å². The van der Waals surface area contributed by atoms with Crippen molar-refractivity contribution in [1.82, 2.24) is 5.32 Å². The van der Waals surface area contributed by atoms with Crippen molar-refractivity contribution in [3.8, 4) is 0 Å². The number of nitrogens with one attached hydrogen (secondary N) is 2. The first-order valence-electron chi connectivity index (χ1n) is 9.18. The van der Waals surface area contributed by atoms with E-state index in [9.17, 15) is 9.59 Å². The van der Waals surface area contributed by atoms with Crippen molar-refractivity contribution in [2.24, 2.45) is 0 Å². The van der Waals surface area contributed by atoms with Crippen LogP contribution in [0.1, 0.15) is 47.4 Å². The molecule has 0 aliphatic heterocycles. The molecule has 0 bridgehead atoms. The minimum atomic E-state index is -0.299. The monoisotopic (exact) mass is 387 g/mol. The fraction of sp³-hybridized carbons (Fsp3) is 0.333. The Morgan fingerprint density at radius 2 is 1.74 bits per heavy atom. The van der Waals surface area contributed by atoms with Crippen LogP contribution >= 0.6 is 11.6 Å². The minimum Gasteiger partial charge on any atom is -0.372 e. The van der Waals surface area contributed by atoms with E-state index in [0.717, 1.165) is 31.6 Å².